The summed E-state index contributed by atoms with van der Waals surface area (Å²) in [7, 11) is 0. The Morgan fingerprint density at radius 2 is 1.08 bits per heavy atom. The minimum atomic E-state index is -1.40. The zero-order chi connectivity index (χ0) is 55.4. The zero-order valence-electron chi connectivity index (χ0n) is 43.3. The molecule has 7 atom stereocenters. The highest BCUT2D eigenvalue weighted by Crippen LogP contribution is 2.20. The van der Waals surface area contributed by atoms with E-state index in [4.69, 9.17) is 22.7 Å². The molecule has 25 heteroatoms. The molecule has 0 spiro atoms. The van der Waals surface area contributed by atoms with Crippen LogP contribution in [0.3, 0.4) is 0 Å². The Hall–Kier alpha value is -8.47. The minimum Gasteiger partial charge on any atom is -0.370 e. The molecule has 0 saturated carbocycles. The minimum absolute atomic E-state index is 0.00446. The molecule has 4 aromatic rings. The van der Waals surface area contributed by atoms with Crippen molar-refractivity contribution in [3.8, 4) is 0 Å². The lowest BCUT2D eigenvalue weighted by Crippen LogP contribution is -2.60. The summed E-state index contributed by atoms with van der Waals surface area (Å²) in [5, 5.41) is 23.5. The van der Waals surface area contributed by atoms with E-state index in [0.29, 0.717) is 36.1 Å². The number of H-pyrrole nitrogens is 2. The third-order valence-electron chi connectivity index (χ3n) is 12.3. The van der Waals surface area contributed by atoms with Crippen LogP contribution in [-0.2, 0) is 57.6 Å². The van der Waals surface area contributed by atoms with Gasteiger partial charge < -0.3 is 64.4 Å². The van der Waals surface area contributed by atoms with E-state index in [1.54, 1.807) is 36.5 Å². The van der Waals surface area contributed by atoms with Crippen molar-refractivity contribution in [1.29, 1.82) is 0 Å². The van der Waals surface area contributed by atoms with Crippen LogP contribution in [0.4, 0.5) is 0 Å². The summed E-state index contributed by atoms with van der Waals surface area (Å²) in [6.45, 7) is 5.18. The highest BCUT2D eigenvalue weighted by molar-refractivity contribution is 5.98. The van der Waals surface area contributed by atoms with Crippen molar-refractivity contribution in [3.05, 3.63) is 101 Å². The number of rotatable bonds is 34. The summed E-state index contributed by atoms with van der Waals surface area (Å²) in [5.74, 6) is -5.91. The molecule has 2 heterocycles. The topological polar surface area (TPSA) is 404 Å². The first kappa shape index (κ1) is 60.1. The van der Waals surface area contributed by atoms with Gasteiger partial charge in [0, 0.05) is 73.2 Å². The van der Waals surface area contributed by atoms with Gasteiger partial charge >= 0.3 is 0 Å². The van der Waals surface area contributed by atoms with Gasteiger partial charge in [-0.1, -0.05) is 93.2 Å². The maximum Gasteiger partial charge on any atom is 0.243 e. The first-order valence-electron chi connectivity index (χ1n) is 25.5. The molecule has 0 radical (unpaired) electrons. The highest BCUT2D eigenvalue weighted by Gasteiger charge is 2.35. The third-order valence-corrected chi connectivity index (χ3v) is 12.3. The molecule has 76 heavy (non-hydrogen) atoms. The number of azide groups is 1. The predicted octanol–water partition coefficient (Wildman–Crippen LogP) is 1.34. The first-order valence-corrected chi connectivity index (χ1v) is 25.5. The number of para-hydroxylation sites is 1. The molecule has 15 N–H and O–H groups in total. The number of unbranched alkanes of at least 4 members (excludes halogenated alkanes) is 2. The third kappa shape index (κ3) is 20.4. The summed E-state index contributed by atoms with van der Waals surface area (Å²) in [4.78, 5) is 127. The van der Waals surface area contributed by atoms with E-state index in [-0.39, 0.29) is 70.4 Å². The molecule has 2 aromatic heterocycles. The maximum absolute atomic E-state index is 14.7. The molecule has 0 saturated heterocycles. The number of nitrogens with one attached hydrogen (secondary N) is 9. The van der Waals surface area contributed by atoms with Crippen molar-refractivity contribution in [2.75, 3.05) is 13.1 Å². The smallest absolute Gasteiger partial charge is 0.243 e. The second-order valence-electron chi connectivity index (χ2n) is 18.4. The molecule has 2 aromatic carbocycles. The number of aromatic nitrogens is 3. The van der Waals surface area contributed by atoms with Crippen molar-refractivity contribution < 1.29 is 38.4 Å². The molecule has 8 amide bonds. The van der Waals surface area contributed by atoms with Crippen LogP contribution in [0, 0.1) is 0 Å². The average Bonchev–Trinajstić information content (AvgIpc) is 4.07. The van der Waals surface area contributed by atoms with E-state index < -0.39 is 89.6 Å². The van der Waals surface area contributed by atoms with Crippen LogP contribution >= 0.6 is 0 Å². The van der Waals surface area contributed by atoms with E-state index in [1.165, 1.54) is 19.4 Å². The molecule has 0 fully saturated rings. The molecule has 410 valence electrons. The fraction of sp³-hybridized carbons (Fsp3) is 0.490. The maximum atomic E-state index is 14.7. The van der Waals surface area contributed by atoms with Gasteiger partial charge in [-0.05, 0) is 61.2 Å². The molecular weight excluding hydrogens is 979 g/mol. The number of nitrogens with two attached hydrogens (primary N) is 3. The Labute approximate surface area is 440 Å². The number of imidazole rings is 1. The molecule has 0 bridgehead atoms. The SMILES string of the molecule is CCCC[C@H](NC(=O)[C@H](Cc1c[nH]c2ccccc12)NC(=O)[C@H](CCCN=C(N)N)NC(=O)[C@@H](Cc1ccccc1)NC(=O)[C@H](Cc1cnc[nH]1)NC(=O)[C@H](CCCN=[N+]=[N-])NC(=O)[C@H](CCCC)NC(C)=O)C(N)=O. The number of nitrogens with zero attached hydrogens (tertiary/aromatic N) is 5. The van der Waals surface area contributed by atoms with Gasteiger partial charge in [-0.25, -0.2) is 4.98 Å². The standard InChI is InChI=1S/C51H73N17O8/c1-4-6-18-37(44(52)70)62-49(75)42(26-33-28-58-36-20-12-11-17-35(33)36)66-46(72)39(21-13-23-57-51(53)54)64-48(74)41(25-32-15-9-8-10-16-32)65-50(76)43(27-34-29-56-30-59-34)67-47(73)40(22-14-24-60-68-55)63-45(71)38(19-7-5-2)61-31(3)69/h8-12,15-17,20,28-30,37-43,58H,4-7,13-14,18-19,21-27H2,1-3H3,(H2,52,70)(H,56,59)(H,61,69)(H,62,75)(H,63,71)(H,64,74)(H,65,76)(H,66,72)(H,67,73)(H4,53,54,57)/t37-,38-,39-,40-,41+,42-,43-/m0/s1. The average molecular weight is 1050 g/mol. The molecular formula is C51H73N17O8. The summed E-state index contributed by atoms with van der Waals surface area (Å²) in [6, 6.07) is 7.45. The van der Waals surface area contributed by atoms with E-state index in [9.17, 15) is 38.4 Å². The van der Waals surface area contributed by atoms with Crippen LogP contribution < -0.4 is 54.4 Å². The largest absolute Gasteiger partial charge is 0.370 e. The van der Waals surface area contributed by atoms with Crippen molar-refractivity contribution >= 4 is 64.1 Å². The van der Waals surface area contributed by atoms with Crippen molar-refractivity contribution in [2.45, 2.75) is 147 Å². The van der Waals surface area contributed by atoms with Gasteiger partial charge in [-0.15, -0.1) is 0 Å². The van der Waals surface area contributed by atoms with Gasteiger partial charge in [0.15, 0.2) is 5.96 Å². The lowest BCUT2D eigenvalue weighted by atomic mass is 10.0. The Morgan fingerprint density at radius 3 is 1.62 bits per heavy atom. The van der Waals surface area contributed by atoms with E-state index in [2.05, 4.69) is 67.2 Å². The van der Waals surface area contributed by atoms with Gasteiger partial charge in [-0.3, -0.25) is 43.3 Å². The Morgan fingerprint density at radius 1 is 0.592 bits per heavy atom. The Kier molecular flexibility index (Phi) is 25.3. The summed E-state index contributed by atoms with van der Waals surface area (Å²) < 4.78 is 0. The highest BCUT2D eigenvalue weighted by atomic mass is 16.2. The summed E-state index contributed by atoms with van der Waals surface area (Å²) in [5.41, 5.74) is 28.3. The predicted molar refractivity (Wildman–Crippen MR) is 285 cm³/mol. The molecule has 0 aliphatic heterocycles. The van der Waals surface area contributed by atoms with Crippen LogP contribution in [0.25, 0.3) is 21.3 Å². The first-order chi connectivity index (χ1) is 36.5. The number of benzene rings is 2. The van der Waals surface area contributed by atoms with Crippen molar-refractivity contribution in [1.82, 2.24) is 52.2 Å². The Bertz CT molecular complexity index is 2610. The molecule has 4 rings (SSSR count). The van der Waals surface area contributed by atoms with Gasteiger partial charge in [0.05, 0.1) is 6.33 Å². The lowest BCUT2D eigenvalue weighted by molar-refractivity contribution is -0.135. The number of aromatic amines is 2. The van der Waals surface area contributed by atoms with E-state index >= 15 is 0 Å². The second kappa shape index (κ2) is 32.0. The number of hydrogen-bond donors (Lipinski definition) is 12. The number of amides is 8. The van der Waals surface area contributed by atoms with Crippen molar-refractivity contribution in [2.24, 2.45) is 27.3 Å². The number of carbonyl (C=O) groups is 8. The zero-order valence-corrected chi connectivity index (χ0v) is 43.3. The van der Waals surface area contributed by atoms with Crippen LogP contribution in [-0.4, -0.2) is 124 Å². The van der Waals surface area contributed by atoms with Crippen LogP contribution in [0.1, 0.15) is 102 Å². The normalized spacial score (nSPS) is 13.7. The monoisotopic (exact) mass is 1050 g/mol. The number of aliphatic imine (C=N–C) groups is 1. The number of primary amides is 1. The van der Waals surface area contributed by atoms with E-state index in [0.717, 1.165) is 23.7 Å². The van der Waals surface area contributed by atoms with E-state index in [1.807, 2.05) is 38.1 Å². The van der Waals surface area contributed by atoms with Crippen LogP contribution in [0.5, 0.6) is 0 Å². The molecule has 0 aliphatic carbocycles. The Balaban J connectivity index is 1.68. The number of carbonyl (C=O) groups excluding carboxylic acids is 8. The van der Waals surface area contributed by atoms with Gasteiger partial charge in [0.2, 0.25) is 47.3 Å². The molecule has 0 aliphatic rings. The van der Waals surface area contributed by atoms with Gasteiger partial charge in [-0.2, -0.15) is 0 Å². The number of guanidine groups is 1. The van der Waals surface area contributed by atoms with Gasteiger partial charge in [0.25, 0.3) is 0 Å². The van der Waals surface area contributed by atoms with Crippen LogP contribution in [0.15, 0.2) is 83.4 Å². The second-order valence-corrected chi connectivity index (χ2v) is 18.4. The number of hydrogen-bond acceptors (Lipinski definition) is 11. The lowest BCUT2D eigenvalue weighted by Gasteiger charge is -2.28. The summed E-state index contributed by atoms with van der Waals surface area (Å²) >= 11 is 0. The van der Waals surface area contributed by atoms with Crippen LogP contribution in [0.2, 0.25) is 0 Å². The van der Waals surface area contributed by atoms with Gasteiger partial charge in [0.1, 0.15) is 42.3 Å². The quantitative estimate of drug-likeness (QED) is 0.00791. The molecule has 25 nitrogen and oxygen atoms in total. The molecule has 0 unspecified atom stereocenters. The van der Waals surface area contributed by atoms with Crippen molar-refractivity contribution in [3.63, 3.8) is 0 Å². The summed E-state index contributed by atoms with van der Waals surface area (Å²) in [6.07, 6.45) is 7.74. The fourth-order valence-electron chi connectivity index (χ4n) is 8.32. The number of fused-ring (bicyclic) bond motifs is 1. The fourth-order valence-corrected chi connectivity index (χ4v) is 8.32.